The number of carbonyl (C=O) groups is 1. The average molecular weight is 377 g/mol. The fourth-order valence-electron chi connectivity index (χ4n) is 2.87. The third kappa shape index (κ3) is 4.78. The van der Waals surface area contributed by atoms with Gasteiger partial charge in [0.2, 0.25) is 5.60 Å². The molecule has 0 spiro atoms. The highest BCUT2D eigenvalue weighted by atomic mass is 31.2. The van der Waals surface area contributed by atoms with Gasteiger partial charge in [0.1, 0.15) is 5.76 Å². The standard InChI is InChI=1S/C17H32NO6P/c1-8-21-15(19)17(7)12(11-25(20,22-9-2)23-10-3)13(18)14(24-17)16(4,5)6/h12H,8-11,18H2,1-7H3. The molecule has 2 N–H and O–H groups in total. The van der Waals surface area contributed by atoms with Crippen molar-refractivity contribution in [2.24, 2.45) is 17.1 Å². The van der Waals surface area contributed by atoms with E-state index in [-0.39, 0.29) is 26.0 Å². The Kier molecular flexibility index (Phi) is 7.13. The summed E-state index contributed by atoms with van der Waals surface area (Å²) in [7, 11) is -3.43. The first kappa shape index (κ1) is 22.0. The SMILES string of the molecule is CCOC(=O)C1(C)OC(C(C)(C)C)=C(N)C1CP(=O)(OCC)OCC. The maximum Gasteiger partial charge on any atom is 0.350 e. The zero-order valence-corrected chi connectivity index (χ0v) is 17.3. The van der Waals surface area contributed by atoms with Gasteiger partial charge >= 0.3 is 13.6 Å². The lowest BCUT2D eigenvalue weighted by Crippen LogP contribution is -2.46. The molecule has 0 radical (unpaired) electrons. The number of esters is 1. The topological polar surface area (TPSA) is 97.1 Å². The number of ether oxygens (including phenoxy) is 2. The molecule has 0 saturated carbocycles. The molecule has 0 bridgehead atoms. The summed E-state index contributed by atoms with van der Waals surface area (Å²) in [6.45, 7) is 13.3. The van der Waals surface area contributed by atoms with Crippen LogP contribution in [0.15, 0.2) is 11.5 Å². The second-order valence-corrected chi connectivity index (χ2v) is 9.25. The summed E-state index contributed by atoms with van der Waals surface area (Å²) in [6.07, 6.45) is -0.0462. The Morgan fingerprint density at radius 2 is 1.72 bits per heavy atom. The molecule has 2 atom stereocenters. The minimum Gasteiger partial charge on any atom is -0.477 e. The second kappa shape index (κ2) is 8.11. The first-order chi connectivity index (χ1) is 11.4. The van der Waals surface area contributed by atoms with Gasteiger partial charge < -0.3 is 24.3 Å². The van der Waals surface area contributed by atoms with Gasteiger partial charge in [0.15, 0.2) is 0 Å². The van der Waals surface area contributed by atoms with Crippen LogP contribution < -0.4 is 5.73 Å². The maximum absolute atomic E-state index is 13.0. The molecule has 0 aromatic heterocycles. The Balaban J connectivity index is 3.33. The molecule has 2 unspecified atom stereocenters. The highest BCUT2D eigenvalue weighted by Gasteiger charge is 2.56. The monoisotopic (exact) mass is 377 g/mol. The molecular weight excluding hydrogens is 345 g/mol. The molecule has 0 aromatic rings. The van der Waals surface area contributed by atoms with Crippen molar-refractivity contribution in [2.75, 3.05) is 26.0 Å². The van der Waals surface area contributed by atoms with E-state index in [1.54, 1.807) is 27.7 Å². The Bertz CT molecular complexity index is 558. The highest BCUT2D eigenvalue weighted by Crippen LogP contribution is 2.55. The lowest BCUT2D eigenvalue weighted by molar-refractivity contribution is -0.167. The zero-order chi connectivity index (χ0) is 19.5. The fourth-order valence-corrected chi connectivity index (χ4v) is 4.94. The number of carbonyl (C=O) groups excluding carboxylic acids is 1. The summed E-state index contributed by atoms with van der Waals surface area (Å²) in [5.74, 6) is -0.695. The minimum atomic E-state index is -3.43. The highest BCUT2D eigenvalue weighted by molar-refractivity contribution is 7.53. The van der Waals surface area contributed by atoms with Gasteiger partial charge in [-0.1, -0.05) is 20.8 Å². The molecular formula is C17H32NO6P. The van der Waals surface area contributed by atoms with Crippen molar-refractivity contribution in [2.45, 2.75) is 54.1 Å². The molecule has 0 aromatic carbocycles. The van der Waals surface area contributed by atoms with Gasteiger partial charge in [0.05, 0.1) is 37.6 Å². The molecule has 1 rings (SSSR count). The molecule has 25 heavy (non-hydrogen) atoms. The molecule has 0 amide bonds. The lowest BCUT2D eigenvalue weighted by Gasteiger charge is -2.32. The van der Waals surface area contributed by atoms with Gasteiger partial charge in [0.25, 0.3) is 0 Å². The molecule has 0 aliphatic carbocycles. The molecule has 1 aliphatic rings. The summed E-state index contributed by atoms with van der Waals surface area (Å²) in [4.78, 5) is 12.6. The van der Waals surface area contributed by atoms with E-state index in [4.69, 9.17) is 24.3 Å². The van der Waals surface area contributed by atoms with E-state index >= 15 is 0 Å². The van der Waals surface area contributed by atoms with E-state index in [2.05, 4.69) is 0 Å². The number of allylic oxidation sites excluding steroid dienone is 1. The van der Waals surface area contributed by atoms with Gasteiger partial charge in [-0.15, -0.1) is 0 Å². The van der Waals surface area contributed by atoms with Crippen molar-refractivity contribution < 1.29 is 27.9 Å². The number of rotatable bonds is 8. The molecule has 0 saturated heterocycles. The van der Waals surface area contributed by atoms with E-state index in [1.807, 2.05) is 20.8 Å². The van der Waals surface area contributed by atoms with Gasteiger partial charge in [0, 0.05) is 5.41 Å². The average Bonchev–Trinajstić information content (AvgIpc) is 2.74. The molecule has 1 aliphatic heterocycles. The van der Waals surface area contributed by atoms with Crippen molar-refractivity contribution in [1.29, 1.82) is 0 Å². The minimum absolute atomic E-state index is 0.0462. The Morgan fingerprint density at radius 1 is 1.20 bits per heavy atom. The smallest absolute Gasteiger partial charge is 0.350 e. The summed E-state index contributed by atoms with van der Waals surface area (Å²) in [6, 6.07) is 0. The third-order valence-corrected chi connectivity index (χ3v) is 6.15. The molecule has 0 fully saturated rings. The maximum atomic E-state index is 13.0. The molecule has 7 nitrogen and oxygen atoms in total. The molecule has 8 heteroatoms. The van der Waals surface area contributed by atoms with Crippen LogP contribution in [0.25, 0.3) is 0 Å². The number of hydrogen-bond donors (Lipinski definition) is 1. The van der Waals surface area contributed by atoms with E-state index in [9.17, 15) is 9.36 Å². The van der Waals surface area contributed by atoms with Crippen LogP contribution in [0.2, 0.25) is 0 Å². The van der Waals surface area contributed by atoms with Crippen LogP contribution in [0.5, 0.6) is 0 Å². The van der Waals surface area contributed by atoms with Crippen LogP contribution in [-0.4, -0.2) is 37.6 Å². The first-order valence-corrected chi connectivity index (χ1v) is 10.4. The second-order valence-electron chi connectivity index (χ2n) is 7.15. The van der Waals surface area contributed by atoms with Crippen molar-refractivity contribution in [3.8, 4) is 0 Å². The molecule has 1 heterocycles. The summed E-state index contributed by atoms with van der Waals surface area (Å²) in [5, 5.41) is 0. The summed E-state index contributed by atoms with van der Waals surface area (Å²) >= 11 is 0. The molecule has 146 valence electrons. The van der Waals surface area contributed by atoms with E-state index < -0.39 is 30.5 Å². The zero-order valence-electron chi connectivity index (χ0n) is 16.4. The largest absolute Gasteiger partial charge is 0.477 e. The number of hydrogen-bond acceptors (Lipinski definition) is 7. The van der Waals surface area contributed by atoms with Crippen LogP contribution in [0.3, 0.4) is 0 Å². The third-order valence-electron chi connectivity index (χ3n) is 4.04. The fraction of sp³-hybridized carbons (Fsp3) is 0.824. The van der Waals surface area contributed by atoms with Gasteiger partial charge in [-0.25, -0.2) is 4.79 Å². The van der Waals surface area contributed by atoms with Crippen molar-refractivity contribution >= 4 is 13.6 Å². The summed E-state index contributed by atoms with van der Waals surface area (Å²) in [5.41, 5.74) is 4.95. The number of nitrogens with two attached hydrogens (primary N) is 1. The quantitative estimate of drug-likeness (QED) is 0.511. The van der Waals surface area contributed by atoms with Crippen molar-refractivity contribution in [1.82, 2.24) is 0 Å². The van der Waals surface area contributed by atoms with Crippen LogP contribution in [0.1, 0.15) is 48.5 Å². The van der Waals surface area contributed by atoms with Crippen LogP contribution >= 0.6 is 7.60 Å². The van der Waals surface area contributed by atoms with Gasteiger partial charge in [-0.05, 0) is 27.7 Å². The Labute approximate surface area is 150 Å². The first-order valence-electron chi connectivity index (χ1n) is 8.69. The van der Waals surface area contributed by atoms with E-state index in [0.29, 0.717) is 11.5 Å². The van der Waals surface area contributed by atoms with E-state index in [0.717, 1.165) is 0 Å². The van der Waals surface area contributed by atoms with Crippen molar-refractivity contribution in [3.63, 3.8) is 0 Å². The predicted octanol–water partition coefficient (Wildman–Crippen LogP) is 3.44. The van der Waals surface area contributed by atoms with Gasteiger partial charge in [-0.3, -0.25) is 4.57 Å². The van der Waals surface area contributed by atoms with Crippen LogP contribution in [-0.2, 0) is 27.9 Å². The lowest BCUT2D eigenvalue weighted by atomic mass is 9.87. The van der Waals surface area contributed by atoms with Crippen LogP contribution in [0.4, 0.5) is 0 Å². The van der Waals surface area contributed by atoms with Crippen molar-refractivity contribution in [3.05, 3.63) is 11.5 Å². The Hall–Kier alpha value is -1.04. The normalized spacial score (nSPS) is 24.4. The van der Waals surface area contributed by atoms with Crippen LogP contribution in [0, 0.1) is 11.3 Å². The predicted molar refractivity (Wildman–Crippen MR) is 96.0 cm³/mol. The van der Waals surface area contributed by atoms with E-state index in [1.165, 1.54) is 0 Å². The summed E-state index contributed by atoms with van der Waals surface area (Å²) < 4.78 is 35.0. The van der Waals surface area contributed by atoms with Gasteiger partial charge in [-0.2, -0.15) is 0 Å². The Morgan fingerprint density at radius 3 is 2.12 bits per heavy atom.